The molecule has 0 atom stereocenters. The van der Waals surface area contributed by atoms with Gasteiger partial charge in [0.15, 0.2) is 5.82 Å². The molecule has 0 unspecified atom stereocenters. The molecule has 3 aromatic rings. The van der Waals surface area contributed by atoms with E-state index in [0.717, 1.165) is 5.56 Å². The summed E-state index contributed by atoms with van der Waals surface area (Å²) in [4.78, 5) is 12.0. The second-order valence-corrected chi connectivity index (χ2v) is 5.02. The van der Waals surface area contributed by atoms with E-state index in [0.29, 0.717) is 17.0 Å². The zero-order valence-electron chi connectivity index (χ0n) is 13.1. The monoisotopic (exact) mass is 331 g/mol. The first-order valence-electron chi connectivity index (χ1n) is 7.40. The van der Waals surface area contributed by atoms with Crippen LogP contribution < -0.4 is 5.43 Å². The lowest BCUT2D eigenvalue weighted by Crippen LogP contribution is -2.24. The van der Waals surface area contributed by atoms with Gasteiger partial charge in [0.25, 0.3) is 5.91 Å². The third-order valence-electron chi connectivity index (χ3n) is 3.32. The third kappa shape index (κ3) is 3.92. The second kappa shape index (κ2) is 7.61. The fraction of sp³-hybridized carbons (Fsp3) is 0.0588. The lowest BCUT2D eigenvalue weighted by atomic mass is 10.1. The van der Waals surface area contributed by atoms with Crippen molar-refractivity contribution in [1.82, 2.24) is 25.6 Å². The van der Waals surface area contributed by atoms with E-state index < -0.39 is 0 Å². The van der Waals surface area contributed by atoms with Gasteiger partial charge in [-0.25, -0.2) is 10.1 Å². The molecule has 3 rings (SSSR count). The summed E-state index contributed by atoms with van der Waals surface area (Å²) in [6, 6.07) is 18.4. The van der Waals surface area contributed by atoms with Gasteiger partial charge in [0.2, 0.25) is 0 Å². The smallest absolute Gasteiger partial charge is 0.261 e. The zero-order valence-corrected chi connectivity index (χ0v) is 13.1. The number of aromatic nitrogens is 4. The molecule has 0 bridgehead atoms. The number of nitriles is 1. The highest BCUT2D eigenvalue weighted by Gasteiger charge is 2.14. The number of carbonyl (C=O) groups is 1. The van der Waals surface area contributed by atoms with Crippen LogP contribution in [0, 0.1) is 11.3 Å². The van der Waals surface area contributed by atoms with Crippen molar-refractivity contribution < 1.29 is 4.79 Å². The van der Waals surface area contributed by atoms with E-state index in [2.05, 4.69) is 32.1 Å². The van der Waals surface area contributed by atoms with Crippen LogP contribution in [0.2, 0.25) is 0 Å². The number of nitrogens with one attached hydrogen (secondary N) is 1. The minimum atomic E-state index is -0.379. The summed E-state index contributed by atoms with van der Waals surface area (Å²) in [7, 11) is 0. The Labute approximate surface area is 143 Å². The predicted octanol–water partition coefficient (Wildman–Crippen LogP) is 1.36. The van der Waals surface area contributed by atoms with Crippen LogP contribution in [0.4, 0.5) is 0 Å². The summed E-state index contributed by atoms with van der Waals surface area (Å²) in [6.45, 7) is -0.117. The highest BCUT2D eigenvalue weighted by atomic mass is 16.2. The summed E-state index contributed by atoms with van der Waals surface area (Å²) in [6.07, 6.45) is 1.55. The van der Waals surface area contributed by atoms with E-state index in [1.807, 2.05) is 30.3 Å². The molecule has 0 radical (unpaired) electrons. The number of amides is 1. The number of hydrogen-bond acceptors (Lipinski definition) is 6. The highest BCUT2D eigenvalue weighted by molar-refractivity contribution is 5.82. The molecule has 2 aromatic carbocycles. The van der Waals surface area contributed by atoms with Gasteiger partial charge in [-0.05, 0) is 28.1 Å². The summed E-state index contributed by atoms with van der Waals surface area (Å²) in [5, 5.41) is 24.4. The van der Waals surface area contributed by atoms with Crippen LogP contribution in [0.25, 0.3) is 11.4 Å². The van der Waals surface area contributed by atoms with Gasteiger partial charge in [-0.2, -0.15) is 10.4 Å². The fourth-order valence-electron chi connectivity index (χ4n) is 2.17. The Morgan fingerprint density at radius 2 is 1.96 bits per heavy atom. The molecule has 0 spiro atoms. The normalized spacial score (nSPS) is 10.5. The maximum absolute atomic E-state index is 12.0. The topological polar surface area (TPSA) is 109 Å². The average molecular weight is 331 g/mol. The molecule has 1 aromatic heterocycles. The van der Waals surface area contributed by atoms with E-state index >= 15 is 0 Å². The third-order valence-corrected chi connectivity index (χ3v) is 3.32. The molecule has 8 nitrogen and oxygen atoms in total. The van der Waals surface area contributed by atoms with Crippen LogP contribution in [0.1, 0.15) is 11.1 Å². The Morgan fingerprint density at radius 1 is 1.20 bits per heavy atom. The molecular weight excluding hydrogens is 318 g/mol. The molecule has 1 heterocycles. The van der Waals surface area contributed by atoms with E-state index in [9.17, 15) is 10.1 Å². The summed E-state index contributed by atoms with van der Waals surface area (Å²) in [5.41, 5.74) is 4.29. The largest absolute Gasteiger partial charge is 0.271 e. The van der Waals surface area contributed by atoms with Crippen LogP contribution in [-0.2, 0) is 11.3 Å². The molecule has 0 aliphatic heterocycles. The lowest BCUT2D eigenvalue weighted by molar-refractivity contribution is -0.121. The van der Waals surface area contributed by atoms with Gasteiger partial charge in [0, 0.05) is 5.56 Å². The van der Waals surface area contributed by atoms with Gasteiger partial charge in [-0.15, -0.1) is 5.10 Å². The number of hydrazone groups is 1. The van der Waals surface area contributed by atoms with E-state index in [1.54, 1.807) is 30.5 Å². The molecule has 25 heavy (non-hydrogen) atoms. The fourth-order valence-corrected chi connectivity index (χ4v) is 2.17. The van der Waals surface area contributed by atoms with Gasteiger partial charge >= 0.3 is 0 Å². The number of rotatable bonds is 5. The van der Waals surface area contributed by atoms with Crippen LogP contribution in [0.15, 0.2) is 59.7 Å². The molecule has 122 valence electrons. The van der Waals surface area contributed by atoms with Crippen molar-refractivity contribution in [2.75, 3.05) is 0 Å². The minimum Gasteiger partial charge on any atom is -0.271 e. The van der Waals surface area contributed by atoms with Crippen molar-refractivity contribution >= 4 is 12.1 Å². The first-order chi connectivity index (χ1) is 12.3. The van der Waals surface area contributed by atoms with Crippen molar-refractivity contribution in [2.45, 2.75) is 6.54 Å². The molecule has 0 saturated heterocycles. The van der Waals surface area contributed by atoms with Gasteiger partial charge in [0.05, 0.1) is 17.8 Å². The summed E-state index contributed by atoms with van der Waals surface area (Å²) < 4.78 is 1.32. The minimum absolute atomic E-state index is 0.117. The summed E-state index contributed by atoms with van der Waals surface area (Å²) >= 11 is 0. The zero-order chi connectivity index (χ0) is 17.5. The first-order valence-corrected chi connectivity index (χ1v) is 7.40. The van der Waals surface area contributed by atoms with Crippen molar-refractivity contribution in [2.24, 2.45) is 5.10 Å². The molecule has 0 saturated carbocycles. The number of nitrogens with zero attached hydrogens (tertiary/aromatic N) is 6. The second-order valence-electron chi connectivity index (χ2n) is 5.02. The van der Waals surface area contributed by atoms with Gasteiger partial charge < -0.3 is 0 Å². The molecule has 1 N–H and O–H groups in total. The van der Waals surface area contributed by atoms with Crippen molar-refractivity contribution in [3.63, 3.8) is 0 Å². The quantitative estimate of drug-likeness (QED) is 0.561. The maximum atomic E-state index is 12.0. The Bertz CT molecular complexity index is 941. The van der Waals surface area contributed by atoms with Crippen molar-refractivity contribution in [3.05, 3.63) is 65.7 Å². The molecule has 0 aliphatic carbocycles. The van der Waals surface area contributed by atoms with Gasteiger partial charge in [-0.3, -0.25) is 4.79 Å². The van der Waals surface area contributed by atoms with Crippen LogP contribution >= 0.6 is 0 Å². The molecule has 0 fully saturated rings. The molecule has 1 amide bonds. The van der Waals surface area contributed by atoms with Crippen molar-refractivity contribution in [3.8, 4) is 17.5 Å². The van der Waals surface area contributed by atoms with Gasteiger partial charge in [-0.1, -0.05) is 42.5 Å². The van der Waals surface area contributed by atoms with Crippen LogP contribution in [0.5, 0.6) is 0 Å². The Balaban J connectivity index is 1.70. The highest BCUT2D eigenvalue weighted by Crippen LogP contribution is 2.19. The van der Waals surface area contributed by atoms with E-state index in [-0.39, 0.29) is 12.5 Å². The predicted molar refractivity (Wildman–Crippen MR) is 90.1 cm³/mol. The Hall–Kier alpha value is -3.86. The SMILES string of the molecule is N#Cc1ccccc1-c1nnnn1CC(=O)NN=Cc1ccccc1. The number of benzene rings is 2. The number of hydrogen-bond donors (Lipinski definition) is 1. The van der Waals surface area contributed by atoms with Crippen molar-refractivity contribution in [1.29, 1.82) is 5.26 Å². The Kier molecular flexibility index (Phi) is 4.87. The Morgan fingerprint density at radius 3 is 2.76 bits per heavy atom. The number of carbonyl (C=O) groups excluding carboxylic acids is 1. The standard InChI is InChI=1S/C17H13N7O/c18-10-14-8-4-5-9-15(14)17-21-22-23-24(17)12-16(25)20-19-11-13-6-2-1-3-7-13/h1-9,11H,12H2,(H,20,25). The first kappa shape index (κ1) is 16.0. The van der Waals surface area contributed by atoms with E-state index in [4.69, 9.17) is 0 Å². The molecule has 0 aliphatic rings. The molecule has 8 heteroatoms. The lowest BCUT2D eigenvalue weighted by Gasteiger charge is -2.05. The average Bonchev–Trinajstić information content (AvgIpc) is 3.10. The van der Waals surface area contributed by atoms with Crippen LogP contribution in [-0.4, -0.2) is 32.3 Å². The number of tetrazole rings is 1. The van der Waals surface area contributed by atoms with Gasteiger partial charge in [0.1, 0.15) is 6.54 Å². The molecular formula is C17H13N7O. The summed E-state index contributed by atoms with van der Waals surface area (Å²) in [5.74, 6) is -0.0329. The maximum Gasteiger partial charge on any atom is 0.261 e. The van der Waals surface area contributed by atoms with E-state index in [1.165, 1.54) is 4.68 Å². The van der Waals surface area contributed by atoms with Crippen LogP contribution in [0.3, 0.4) is 0 Å².